The van der Waals surface area contributed by atoms with Crippen molar-refractivity contribution >= 4 is 16.8 Å². The summed E-state index contributed by atoms with van der Waals surface area (Å²) in [5, 5.41) is 2.94. The van der Waals surface area contributed by atoms with Gasteiger partial charge in [0.05, 0.1) is 5.04 Å². The predicted octanol–water partition coefficient (Wildman–Crippen LogP) is 2.94. The molecular formula is C8H15NS. The molecule has 0 unspecified atom stereocenters. The molecule has 0 saturated heterocycles. The summed E-state index contributed by atoms with van der Waals surface area (Å²) in [5.74, 6) is 0. The maximum absolute atomic E-state index is 4.16. The van der Waals surface area contributed by atoms with Crippen LogP contribution < -0.4 is 0 Å². The van der Waals surface area contributed by atoms with Gasteiger partial charge in [-0.1, -0.05) is 39.1 Å². The second kappa shape index (κ2) is 3.81. The third-order valence-electron chi connectivity index (χ3n) is 1.04. The molecule has 10 heavy (non-hydrogen) atoms. The summed E-state index contributed by atoms with van der Waals surface area (Å²) >= 11 is 1.60. The highest BCUT2D eigenvalue weighted by molar-refractivity contribution is 8.16. The fourth-order valence-corrected chi connectivity index (χ4v) is 1.26. The van der Waals surface area contributed by atoms with E-state index in [1.54, 1.807) is 11.8 Å². The van der Waals surface area contributed by atoms with E-state index in [1.807, 2.05) is 12.5 Å². The lowest BCUT2D eigenvalue weighted by Gasteiger charge is -2.18. The Morgan fingerprint density at radius 3 is 2.10 bits per heavy atom. The minimum atomic E-state index is 0.160. The first-order valence-electron chi connectivity index (χ1n) is 3.27. The Bertz CT molecular complexity index is 142. The number of nitrogens with zero attached hydrogens (tertiary/aromatic N) is 1. The van der Waals surface area contributed by atoms with Crippen LogP contribution in [0.15, 0.2) is 17.0 Å². The molecule has 0 amide bonds. The van der Waals surface area contributed by atoms with Crippen LogP contribution in [0.4, 0.5) is 0 Å². The molecule has 0 rings (SSSR count). The van der Waals surface area contributed by atoms with E-state index in [9.17, 15) is 0 Å². The molecule has 0 aliphatic heterocycles. The molecule has 0 saturated carbocycles. The Labute approximate surface area is 67.6 Å². The van der Waals surface area contributed by atoms with Crippen molar-refractivity contribution in [2.45, 2.75) is 20.8 Å². The third-order valence-corrected chi connectivity index (χ3v) is 2.22. The van der Waals surface area contributed by atoms with Crippen molar-refractivity contribution in [2.24, 2.45) is 10.4 Å². The van der Waals surface area contributed by atoms with Crippen molar-refractivity contribution in [1.82, 2.24) is 0 Å². The quantitative estimate of drug-likeness (QED) is 0.421. The number of hydrogen-bond acceptors (Lipinski definition) is 2. The van der Waals surface area contributed by atoms with E-state index in [4.69, 9.17) is 0 Å². The van der Waals surface area contributed by atoms with E-state index < -0.39 is 0 Å². The summed E-state index contributed by atoms with van der Waals surface area (Å²) in [6.45, 7) is 10.1. The van der Waals surface area contributed by atoms with Crippen molar-refractivity contribution in [3.63, 3.8) is 0 Å². The normalized spacial score (nSPS) is 13.4. The lowest BCUT2D eigenvalue weighted by atomic mass is 9.99. The van der Waals surface area contributed by atoms with Crippen molar-refractivity contribution in [2.75, 3.05) is 7.05 Å². The maximum atomic E-state index is 4.16. The predicted molar refractivity (Wildman–Crippen MR) is 50.6 cm³/mol. The highest BCUT2D eigenvalue weighted by Gasteiger charge is 2.16. The molecule has 0 fully saturated rings. The molecule has 0 radical (unpaired) electrons. The Morgan fingerprint density at radius 2 is 2.00 bits per heavy atom. The Kier molecular flexibility index (Phi) is 3.72. The second-order valence-corrected chi connectivity index (χ2v) is 4.02. The molecular weight excluding hydrogens is 142 g/mol. The van der Waals surface area contributed by atoms with Crippen LogP contribution in [-0.2, 0) is 0 Å². The molecule has 58 valence electrons. The van der Waals surface area contributed by atoms with Crippen molar-refractivity contribution < 1.29 is 0 Å². The largest absolute Gasteiger partial charge is 0.285 e. The summed E-state index contributed by atoms with van der Waals surface area (Å²) in [5.41, 5.74) is 0.160. The third kappa shape index (κ3) is 3.06. The van der Waals surface area contributed by atoms with E-state index in [2.05, 4.69) is 32.3 Å². The van der Waals surface area contributed by atoms with Crippen LogP contribution in [0.25, 0.3) is 0 Å². The molecule has 0 atom stereocenters. The molecule has 0 bridgehead atoms. The van der Waals surface area contributed by atoms with Crippen LogP contribution in [0.2, 0.25) is 0 Å². The zero-order valence-electron chi connectivity index (χ0n) is 7.14. The molecule has 0 aromatic heterocycles. The van der Waals surface area contributed by atoms with Crippen LogP contribution >= 0.6 is 11.8 Å². The van der Waals surface area contributed by atoms with Crippen LogP contribution in [0.5, 0.6) is 0 Å². The lowest BCUT2D eigenvalue weighted by molar-refractivity contribution is 0.601. The van der Waals surface area contributed by atoms with Gasteiger partial charge in [-0.2, -0.15) is 0 Å². The summed E-state index contributed by atoms with van der Waals surface area (Å²) in [6, 6.07) is 0. The first-order chi connectivity index (χ1) is 4.52. The van der Waals surface area contributed by atoms with Crippen molar-refractivity contribution in [3.8, 4) is 0 Å². The van der Waals surface area contributed by atoms with Gasteiger partial charge in [-0.25, -0.2) is 0 Å². The summed E-state index contributed by atoms with van der Waals surface area (Å²) in [6.07, 6.45) is 0. The fourth-order valence-electron chi connectivity index (χ4n) is 0.644. The highest BCUT2D eigenvalue weighted by Crippen LogP contribution is 2.24. The second-order valence-electron chi connectivity index (χ2n) is 3.06. The maximum Gasteiger partial charge on any atom is 0.0767 e. The van der Waals surface area contributed by atoms with Crippen LogP contribution in [0.1, 0.15) is 20.8 Å². The van der Waals surface area contributed by atoms with E-state index in [0.717, 1.165) is 5.04 Å². The molecule has 1 nitrogen and oxygen atoms in total. The Morgan fingerprint density at radius 1 is 1.50 bits per heavy atom. The Hall–Kier alpha value is -0.240. The zero-order valence-corrected chi connectivity index (χ0v) is 7.96. The molecule has 2 heteroatoms. The van der Waals surface area contributed by atoms with Crippen LogP contribution in [0.3, 0.4) is 0 Å². The number of hydrogen-bond donors (Lipinski definition) is 0. The van der Waals surface area contributed by atoms with Crippen molar-refractivity contribution in [3.05, 3.63) is 12.0 Å². The van der Waals surface area contributed by atoms with Gasteiger partial charge in [0, 0.05) is 12.5 Å². The average molecular weight is 157 g/mol. The summed E-state index contributed by atoms with van der Waals surface area (Å²) in [4.78, 5) is 4.16. The number of aliphatic imine (C=N–C) groups is 1. The number of rotatable bonds is 1. The van der Waals surface area contributed by atoms with E-state index in [0.29, 0.717) is 0 Å². The van der Waals surface area contributed by atoms with E-state index in [-0.39, 0.29) is 5.41 Å². The van der Waals surface area contributed by atoms with Gasteiger partial charge in [-0.05, 0) is 5.41 Å². The topological polar surface area (TPSA) is 12.4 Å². The lowest BCUT2D eigenvalue weighted by Crippen LogP contribution is -2.15. The molecule has 0 spiro atoms. The molecule has 0 aromatic rings. The zero-order chi connectivity index (χ0) is 8.20. The van der Waals surface area contributed by atoms with Gasteiger partial charge in [-0.15, -0.1) is 0 Å². The molecule has 0 aliphatic carbocycles. The smallest absolute Gasteiger partial charge is 0.0767 e. The molecule has 0 aliphatic rings. The highest BCUT2D eigenvalue weighted by atomic mass is 32.2. The first kappa shape index (κ1) is 9.76. The molecule has 0 N–H and O–H groups in total. The van der Waals surface area contributed by atoms with E-state index >= 15 is 0 Å². The van der Waals surface area contributed by atoms with Gasteiger partial charge < -0.3 is 0 Å². The Balaban J connectivity index is 4.23. The minimum absolute atomic E-state index is 0.160. The van der Waals surface area contributed by atoms with Gasteiger partial charge in [-0.3, -0.25) is 4.99 Å². The van der Waals surface area contributed by atoms with Gasteiger partial charge in [0.2, 0.25) is 0 Å². The van der Waals surface area contributed by atoms with Gasteiger partial charge in [0.15, 0.2) is 0 Å². The van der Waals surface area contributed by atoms with Crippen LogP contribution in [-0.4, -0.2) is 12.1 Å². The minimum Gasteiger partial charge on any atom is -0.285 e. The summed E-state index contributed by atoms with van der Waals surface area (Å²) in [7, 11) is 1.82. The monoisotopic (exact) mass is 157 g/mol. The van der Waals surface area contributed by atoms with Gasteiger partial charge >= 0.3 is 0 Å². The van der Waals surface area contributed by atoms with E-state index in [1.165, 1.54) is 0 Å². The van der Waals surface area contributed by atoms with Crippen LogP contribution in [0, 0.1) is 5.41 Å². The van der Waals surface area contributed by atoms with Crippen molar-refractivity contribution in [1.29, 1.82) is 0 Å². The SMILES string of the molecule is C=CSC(=NC)C(C)(C)C. The number of thioether (sulfide) groups is 1. The summed E-state index contributed by atoms with van der Waals surface area (Å²) < 4.78 is 0. The van der Waals surface area contributed by atoms with Gasteiger partial charge in [0.1, 0.15) is 0 Å². The first-order valence-corrected chi connectivity index (χ1v) is 4.15. The average Bonchev–Trinajstić information content (AvgIpc) is 1.80. The van der Waals surface area contributed by atoms with Gasteiger partial charge in [0.25, 0.3) is 0 Å². The molecule has 0 aromatic carbocycles. The molecule has 0 heterocycles. The standard InChI is InChI=1S/C8H15NS/c1-6-10-7(9-5)8(2,3)4/h6H,1H2,2-5H3. The fraction of sp³-hybridized carbons (Fsp3) is 0.625.